The third kappa shape index (κ3) is 5.93. The van der Waals surface area contributed by atoms with Gasteiger partial charge in [0.15, 0.2) is 6.10 Å². The second-order valence-corrected chi connectivity index (χ2v) is 9.73. The Morgan fingerprint density at radius 2 is 1.38 bits per heavy atom. The minimum absolute atomic E-state index is 0.0507. The zero-order chi connectivity index (χ0) is 29.8. The van der Waals surface area contributed by atoms with Crippen molar-refractivity contribution in [3.63, 3.8) is 0 Å². The smallest absolute Gasteiger partial charge is 0.303 e. The average Bonchev–Trinajstić information content (AvgIpc) is 3.25. The molecule has 5 rings (SSSR count). The summed E-state index contributed by atoms with van der Waals surface area (Å²) in [5, 5.41) is 0. The lowest BCUT2D eigenvalue weighted by Crippen LogP contribution is -2.66. The van der Waals surface area contributed by atoms with Crippen LogP contribution in [0.25, 0.3) is 0 Å². The van der Waals surface area contributed by atoms with Gasteiger partial charge in [0, 0.05) is 6.92 Å². The maximum atomic E-state index is 16.1. The molecule has 0 bridgehead atoms. The van der Waals surface area contributed by atoms with Gasteiger partial charge in [-0.05, 0) is 54.1 Å². The maximum Gasteiger partial charge on any atom is 0.303 e. The van der Waals surface area contributed by atoms with Crippen LogP contribution in [-0.2, 0) is 25.6 Å². The van der Waals surface area contributed by atoms with Crippen molar-refractivity contribution in [2.24, 2.45) is 0 Å². The van der Waals surface area contributed by atoms with Crippen LogP contribution in [0.15, 0.2) is 72.8 Å². The predicted octanol–water partition coefficient (Wildman–Crippen LogP) is 3.96. The molecule has 220 valence electrons. The molecule has 2 aliphatic rings. The highest BCUT2D eigenvalue weighted by atomic mass is 19.1. The van der Waals surface area contributed by atoms with Crippen molar-refractivity contribution in [3.8, 4) is 17.2 Å². The Labute approximate surface area is 241 Å². The molecule has 3 aromatic carbocycles. The number of carbonyl (C=O) groups is 3. The molecule has 1 saturated heterocycles. The average molecular weight is 580 g/mol. The second-order valence-electron chi connectivity index (χ2n) is 9.73. The van der Waals surface area contributed by atoms with E-state index in [9.17, 15) is 14.4 Å². The molecule has 0 aromatic heterocycles. The first-order chi connectivity index (χ1) is 20.3. The number of fused-ring (bicyclic) bond motifs is 1. The van der Waals surface area contributed by atoms with Crippen molar-refractivity contribution in [1.82, 2.24) is 4.90 Å². The Kier molecular flexibility index (Phi) is 8.69. The van der Waals surface area contributed by atoms with Crippen LogP contribution in [0.5, 0.6) is 17.2 Å². The molecule has 0 saturated carbocycles. The second kappa shape index (κ2) is 12.6. The summed E-state index contributed by atoms with van der Waals surface area (Å²) in [5.41, 5.74) is 0.974. The highest BCUT2D eigenvalue weighted by molar-refractivity contribution is 6.21. The number of carbonyl (C=O) groups excluding carboxylic acids is 3. The number of nitrogens with zero attached hydrogens (tertiary/aromatic N) is 1. The highest BCUT2D eigenvalue weighted by Gasteiger charge is 2.56. The fourth-order valence-electron chi connectivity index (χ4n) is 5.05. The van der Waals surface area contributed by atoms with Gasteiger partial charge in [-0.3, -0.25) is 19.3 Å². The zero-order valence-corrected chi connectivity index (χ0v) is 23.2. The van der Waals surface area contributed by atoms with E-state index in [-0.39, 0.29) is 24.3 Å². The van der Waals surface area contributed by atoms with E-state index in [1.807, 2.05) is 0 Å². The molecule has 1 fully saturated rings. The van der Waals surface area contributed by atoms with Crippen molar-refractivity contribution in [1.29, 1.82) is 0 Å². The fourth-order valence-corrected chi connectivity index (χ4v) is 5.05. The molecule has 0 radical (unpaired) electrons. The number of benzene rings is 3. The van der Waals surface area contributed by atoms with Gasteiger partial charge in [-0.1, -0.05) is 24.3 Å². The number of hydrogen-bond donors (Lipinski definition) is 0. The summed E-state index contributed by atoms with van der Waals surface area (Å²) in [7, 11) is 3.08. The topological polar surface area (TPSA) is 110 Å². The van der Waals surface area contributed by atoms with Crippen LogP contribution < -0.4 is 14.2 Å². The summed E-state index contributed by atoms with van der Waals surface area (Å²) in [6.45, 7) is 0.924. The van der Waals surface area contributed by atoms with Crippen LogP contribution >= 0.6 is 0 Å². The number of hydrogen-bond acceptors (Lipinski definition) is 9. The van der Waals surface area contributed by atoms with E-state index < -0.39 is 48.5 Å². The number of halogens is 1. The van der Waals surface area contributed by atoms with Gasteiger partial charge in [-0.15, -0.1) is 0 Å². The Hall–Kier alpha value is -4.48. The minimum atomic E-state index is -2.18. The number of imide groups is 1. The first-order valence-electron chi connectivity index (χ1n) is 13.3. The molecule has 2 aliphatic heterocycles. The number of amides is 2. The number of esters is 1. The van der Waals surface area contributed by atoms with E-state index in [1.165, 1.54) is 26.2 Å². The van der Waals surface area contributed by atoms with Crippen LogP contribution in [-0.4, -0.2) is 74.2 Å². The molecule has 11 heteroatoms. The molecule has 3 aromatic rings. The standard InChI is InChI=1S/C31H30FNO9/c1-18(34)41-27-25(17-39-22-14-12-21(38-3)13-15-22)42-29(32)26(28(27)40-16-19-8-10-20(37-2)11-9-19)33-30(35)23-6-4-5-7-24(23)31(33)36/h4-15,25-29H,16-17H2,1-3H3/t25-,26-,27-,28-,29-/m1/s1. The first-order valence-corrected chi connectivity index (χ1v) is 13.3. The fraction of sp³-hybridized carbons (Fsp3) is 0.323. The van der Waals surface area contributed by atoms with Crippen molar-refractivity contribution in [2.45, 2.75) is 44.2 Å². The summed E-state index contributed by atoms with van der Waals surface area (Å²) in [6, 6.07) is 18.3. The van der Waals surface area contributed by atoms with Gasteiger partial charge in [0.25, 0.3) is 11.8 Å². The van der Waals surface area contributed by atoms with Crippen molar-refractivity contribution >= 4 is 17.8 Å². The highest BCUT2D eigenvalue weighted by Crippen LogP contribution is 2.36. The number of ether oxygens (including phenoxy) is 6. The predicted molar refractivity (Wildman–Crippen MR) is 146 cm³/mol. The molecule has 42 heavy (non-hydrogen) atoms. The zero-order valence-electron chi connectivity index (χ0n) is 23.2. The minimum Gasteiger partial charge on any atom is -0.497 e. The van der Waals surface area contributed by atoms with E-state index in [1.54, 1.807) is 67.8 Å². The SMILES string of the molecule is COc1ccc(CO[C@H]2[C@H](OC(C)=O)[C@@H](COc3ccc(OC)cc3)O[C@@H](F)[C@@H]2N2C(=O)c3ccccc3C2=O)cc1. The van der Waals surface area contributed by atoms with Crippen LogP contribution in [0.3, 0.4) is 0 Å². The lowest BCUT2D eigenvalue weighted by Gasteiger charge is -2.45. The van der Waals surface area contributed by atoms with E-state index in [0.717, 1.165) is 4.90 Å². The summed E-state index contributed by atoms with van der Waals surface area (Å²) in [4.78, 5) is 39.8. The van der Waals surface area contributed by atoms with Gasteiger partial charge in [0.05, 0.1) is 32.0 Å². The quantitative estimate of drug-likeness (QED) is 0.260. The van der Waals surface area contributed by atoms with Crippen LogP contribution in [0.1, 0.15) is 33.2 Å². The van der Waals surface area contributed by atoms with Gasteiger partial charge in [-0.2, -0.15) is 0 Å². The summed E-state index contributed by atoms with van der Waals surface area (Å²) < 4.78 is 49.7. The molecule has 0 spiro atoms. The first kappa shape index (κ1) is 29.0. The third-order valence-electron chi connectivity index (χ3n) is 7.10. The lowest BCUT2D eigenvalue weighted by atomic mass is 9.95. The summed E-state index contributed by atoms with van der Waals surface area (Å²) in [5.74, 6) is -0.386. The third-order valence-corrected chi connectivity index (χ3v) is 7.10. The van der Waals surface area contributed by atoms with Gasteiger partial charge in [0.2, 0.25) is 6.36 Å². The molecule has 2 heterocycles. The number of alkyl halides is 1. The van der Waals surface area contributed by atoms with E-state index >= 15 is 4.39 Å². The number of methoxy groups -OCH3 is 2. The van der Waals surface area contributed by atoms with E-state index in [0.29, 0.717) is 22.8 Å². The molecule has 5 atom stereocenters. The van der Waals surface area contributed by atoms with Gasteiger partial charge in [-0.25, -0.2) is 4.39 Å². The Bertz CT molecular complexity index is 1390. The molecule has 0 N–H and O–H groups in total. The van der Waals surface area contributed by atoms with E-state index in [2.05, 4.69) is 0 Å². The monoisotopic (exact) mass is 579 g/mol. The molecule has 0 aliphatic carbocycles. The van der Waals surface area contributed by atoms with E-state index in [4.69, 9.17) is 28.4 Å². The van der Waals surface area contributed by atoms with Crippen LogP contribution in [0, 0.1) is 0 Å². The van der Waals surface area contributed by atoms with Gasteiger partial charge < -0.3 is 28.4 Å². The summed E-state index contributed by atoms with van der Waals surface area (Å²) >= 11 is 0. The maximum absolute atomic E-state index is 16.1. The van der Waals surface area contributed by atoms with Crippen molar-refractivity contribution in [3.05, 3.63) is 89.5 Å². The number of rotatable bonds is 10. The molecule has 2 amide bonds. The molecule has 10 nitrogen and oxygen atoms in total. The molecular formula is C31H30FNO9. The molecule has 0 unspecified atom stereocenters. The summed E-state index contributed by atoms with van der Waals surface area (Å²) in [6.07, 6.45) is -5.85. The Morgan fingerprint density at radius 3 is 1.93 bits per heavy atom. The van der Waals surface area contributed by atoms with Crippen LogP contribution in [0.4, 0.5) is 4.39 Å². The van der Waals surface area contributed by atoms with Crippen LogP contribution in [0.2, 0.25) is 0 Å². The lowest BCUT2D eigenvalue weighted by molar-refractivity contribution is -0.255. The van der Waals surface area contributed by atoms with Crippen molar-refractivity contribution in [2.75, 3.05) is 20.8 Å². The van der Waals surface area contributed by atoms with Crippen molar-refractivity contribution < 1.29 is 47.2 Å². The largest absolute Gasteiger partial charge is 0.497 e. The Balaban J connectivity index is 1.46. The van der Waals surface area contributed by atoms with Gasteiger partial charge >= 0.3 is 5.97 Å². The van der Waals surface area contributed by atoms with Gasteiger partial charge in [0.1, 0.15) is 42.1 Å². The normalized spacial score (nSPS) is 23.3. The molecular weight excluding hydrogens is 549 g/mol. The Morgan fingerprint density at radius 1 is 0.833 bits per heavy atom.